The molecule has 2 nitrogen and oxygen atoms in total. The maximum atomic E-state index is 11.1. The summed E-state index contributed by atoms with van der Waals surface area (Å²) in [5.41, 5.74) is 5.21. The van der Waals surface area contributed by atoms with Crippen LogP contribution in [0.1, 0.15) is 41.5 Å². The van der Waals surface area contributed by atoms with Crippen molar-refractivity contribution in [3.05, 3.63) is 34.4 Å². The zero-order chi connectivity index (χ0) is 12.4. The second-order valence-electron chi connectivity index (χ2n) is 6.17. The van der Waals surface area contributed by atoms with Gasteiger partial charge in [0, 0.05) is 0 Å². The monoisotopic (exact) mass is 230 g/mol. The molecule has 2 bridgehead atoms. The topological polar surface area (TPSA) is 37.3 Å². The molecule has 1 aromatic rings. The lowest BCUT2D eigenvalue weighted by atomic mass is 9.33. The molecule has 0 unspecified atom stereocenters. The Bertz CT molecular complexity index is 485. The Labute approximate surface area is 102 Å². The number of hydrogen-bond donors (Lipinski definition) is 1. The predicted molar refractivity (Wildman–Crippen MR) is 66.3 cm³/mol. The van der Waals surface area contributed by atoms with Crippen molar-refractivity contribution in [2.24, 2.45) is 5.41 Å². The van der Waals surface area contributed by atoms with Crippen LogP contribution in [0.2, 0.25) is 0 Å². The fourth-order valence-electron chi connectivity index (χ4n) is 4.30. The minimum absolute atomic E-state index is 0.195. The maximum absolute atomic E-state index is 11.1. The highest BCUT2D eigenvalue weighted by Gasteiger charge is 2.72. The van der Waals surface area contributed by atoms with Gasteiger partial charge >= 0.3 is 5.97 Å². The highest BCUT2D eigenvalue weighted by Crippen LogP contribution is 2.74. The Kier molecular flexibility index (Phi) is 1.86. The van der Waals surface area contributed by atoms with Gasteiger partial charge in [-0.05, 0) is 62.1 Å². The number of aryl methyl sites for hydroxylation is 3. The molecule has 3 aliphatic rings. The summed E-state index contributed by atoms with van der Waals surface area (Å²) in [5.74, 6) is -0.596. The van der Waals surface area contributed by atoms with Gasteiger partial charge in [0.05, 0.1) is 5.41 Å². The van der Waals surface area contributed by atoms with Crippen LogP contribution in [0.3, 0.4) is 0 Å². The maximum Gasteiger partial charge on any atom is 0.309 e. The van der Waals surface area contributed by atoms with Gasteiger partial charge in [0.15, 0.2) is 0 Å². The molecule has 90 valence electrons. The van der Waals surface area contributed by atoms with Gasteiger partial charge in [-0.1, -0.05) is 17.7 Å². The van der Waals surface area contributed by atoms with E-state index in [2.05, 4.69) is 32.9 Å². The van der Waals surface area contributed by atoms with E-state index in [4.69, 9.17) is 0 Å². The van der Waals surface area contributed by atoms with Gasteiger partial charge < -0.3 is 5.11 Å². The molecule has 2 heteroatoms. The molecule has 3 aliphatic carbocycles. The van der Waals surface area contributed by atoms with Gasteiger partial charge in [-0.25, -0.2) is 0 Å². The lowest BCUT2D eigenvalue weighted by Crippen LogP contribution is -2.68. The fraction of sp³-hybridized carbons (Fsp3) is 0.533. The van der Waals surface area contributed by atoms with Gasteiger partial charge in [0.1, 0.15) is 0 Å². The number of aliphatic carboxylic acids is 1. The highest BCUT2D eigenvalue weighted by atomic mass is 16.4. The molecule has 0 atom stereocenters. The Balaban J connectivity index is 1.97. The Hall–Kier alpha value is -1.31. The van der Waals surface area contributed by atoms with Gasteiger partial charge in [0.2, 0.25) is 0 Å². The average molecular weight is 230 g/mol. The van der Waals surface area contributed by atoms with Crippen molar-refractivity contribution in [1.82, 2.24) is 0 Å². The van der Waals surface area contributed by atoms with E-state index >= 15 is 0 Å². The summed E-state index contributed by atoms with van der Waals surface area (Å²) < 4.78 is 0. The first-order valence-corrected chi connectivity index (χ1v) is 6.20. The van der Waals surface area contributed by atoms with E-state index in [1.807, 2.05) is 0 Å². The lowest BCUT2D eigenvalue weighted by molar-refractivity contribution is -0.194. The van der Waals surface area contributed by atoms with Crippen LogP contribution in [0, 0.1) is 26.2 Å². The van der Waals surface area contributed by atoms with E-state index < -0.39 is 5.97 Å². The third kappa shape index (κ3) is 1.18. The summed E-state index contributed by atoms with van der Waals surface area (Å²) in [6.45, 7) is 6.43. The molecule has 1 N–H and O–H groups in total. The average Bonchev–Trinajstić information content (AvgIpc) is 2.03. The van der Waals surface area contributed by atoms with Crippen LogP contribution in [0.5, 0.6) is 0 Å². The van der Waals surface area contributed by atoms with Gasteiger partial charge in [-0.2, -0.15) is 0 Å². The fourth-order valence-corrected chi connectivity index (χ4v) is 4.30. The number of carboxylic acid groups (broad SMARTS) is 1. The SMILES string of the molecule is Cc1cc(C)c(C23CC(C(=O)O)(C2)C3)c(C)c1. The van der Waals surface area contributed by atoms with E-state index in [9.17, 15) is 9.90 Å². The summed E-state index contributed by atoms with van der Waals surface area (Å²) in [4.78, 5) is 11.1. The van der Waals surface area contributed by atoms with Crippen molar-refractivity contribution in [2.75, 3.05) is 0 Å². The number of rotatable bonds is 2. The van der Waals surface area contributed by atoms with Crippen molar-refractivity contribution in [3.8, 4) is 0 Å². The van der Waals surface area contributed by atoms with Crippen molar-refractivity contribution in [2.45, 2.75) is 45.4 Å². The largest absolute Gasteiger partial charge is 0.481 e. The Morgan fingerprint density at radius 1 is 1.12 bits per heavy atom. The molecule has 0 aromatic heterocycles. The van der Waals surface area contributed by atoms with E-state index in [-0.39, 0.29) is 10.8 Å². The second-order valence-corrected chi connectivity index (χ2v) is 6.17. The molecule has 0 radical (unpaired) electrons. The Morgan fingerprint density at radius 3 is 2.00 bits per heavy atom. The molecule has 4 rings (SSSR count). The first-order valence-electron chi connectivity index (χ1n) is 6.20. The summed E-state index contributed by atoms with van der Waals surface area (Å²) >= 11 is 0. The van der Waals surface area contributed by atoms with E-state index in [0.717, 1.165) is 19.3 Å². The third-order valence-corrected chi connectivity index (χ3v) is 4.69. The Morgan fingerprint density at radius 2 is 1.59 bits per heavy atom. The first kappa shape index (κ1) is 10.8. The molecule has 0 aliphatic heterocycles. The van der Waals surface area contributed by atoms with Crippen LogP contribution < -0.4 is 0 Å². The van der Waals surface area contributed by atoms with Crippen molar-refractivity contribution < 1.29 is 9.90 Å². The first-order chi connectivity index (χ1) is 7.89. The third-order valence-electron chi connectivity index (χ3n) is 4.69. The van der Waals surface area contributed by atoms with E-state index in [1.54, 1.807) is 0 Å². The number of carbonyl (C=O) groups is 1. The van der Waals surface area contributed by atoms with Crippen LogP contribution >= 0.6 is 0 Å². The minimum Gasteiger partial charge on any atom is -0.481 e. The van der Waals surface area contributed by atoms with Crippen LogP contribution in [0.25, 0.3) is 0 Å². The van der Waals surface area contributed by atoms with Crippen molar-refractivity contribution in [3.63, 3.8) is 0 Å². The standard InChI is InChI=1S/C15H18O2/c1-9-4-10(2)12(11(3)5-9)14-6-15(7-14,8-14)13(16)17/h4-5H,6-8H2,1-3H3,(H,16,17). The van der Waals surface area contributed by atoms with Crippen LogP contribution in [-0.4, -0.2) is 11.1 Å². The second kappa shape index (κ2) is 2.92. The molecular weight excluding hydrogens is 212 g/mol. The number of benzene rings is 1. The quantitative estimate of drug-likeness (QED) is 0.847. The van der Waals surface area contributed by atoms with Gasteiger partial charge in [0.25, 0.3) is 0 Å². The zero-order valence-electron chi connectivity index (χ0n) is 10.6. The molecular formula is C15H18O2. The van der Waals surface area contributed by atoms with Crippen molar-refractivity contribution in [1.29, 1.82) is 0 Å². The van der Waals surface area contributed by atoms with E-state index in [1.165, 1.54) is 22.3 Å². The summed E-state index contributed by atoms with van der Waals surface area (Å²) in [7, 11) is 0. The molecule has 3 fully saturated rings. The van der Waals surface area contributed by atoms with Crippen molar-refractivity contribution >= 4 is 5.97 Å². The smallest absolute Gasteiger partial charge is 0.309 e. The molecule has 3 saturated carbocycles. The van der Waals surface area contributed by atoms with E-state index in [0.29, 0.717) is 0 Å². The van der Waals surface area contributed by atoms with Crippen LogP contribution in [0.4, 0.5) is 0 Å². The van der Waals surface area contributed by atoms with Crippen LogP contribution in [0.15, 0.2) is 12.1 Å². The zero-order valence-corrected chi connectivity index (χ0v) is 10.6. The number of carboxylic acids is 1. The lowest BCUT2D eigenvalue weighted by Gasteiger charge is -2.69. The normalized spacial score (nSPS) is 33.8. The molecule has 0 heterocycles. The minimum atomic E-state index is -0.596. The highest BCUT2D eigenvalue weighted by molar-refractivity contribution is 5.81. The summed E-state index contributed by atoms with van der Waals surface area (Å²) in [6.07, 6.45) is 2.54. The predicted octanol–water partition coefficient (Wildman–Crippen LogP) is 3.12. The molecule has 1 aromatic carbocycles. The summed E-state index contributed by atoms with van der Waals surface area (Å²) in [5, 5.41) is 9.17. The van der Waals surface area contributed by atoms with Gasteiger partial charge in [-0.3, -0.25) is 4.79 Å². The van der Waals surface area contributed by atoms with Gasteiger partial charge in [-0.15, -0.1) is 0 Å². The van der Waals surface area contributed by atoms with Crippen LogP contribution in [-0.2, 0) is 10.2 Å². The molecule has 0 saturated heterocycles. The molecule has 0 spiro atoms. The number of hydrogen-bond acceptors (Lipinski definition) is 1. The molecule has 17 heavy (non-hydrogen) atoms. The summed E-state index contributed by atoms with van der Waals surface area (Å²) in [6, 6.07) is 4.44. The molecule has 0 amide bonds.